The highest BCUT2D eigenvalue weighted by Gasteiger charge is 2.31. The van der Waals surface area contributed by atoms with Crippen molar-refractivity contribution in [3.63, 3.8) is 0 Å². The molecule has 3 aromatic rings. The van der Waals surface area contributed by atoms with Crippen molar-refractivity contribution in [2.24, 2.45) is 0 Å². The third-order valence-electron chi connectivity index (χ3n) is 5.54. The standard InChI is InChI=1S/C24H25F3N4O3/c1-5-14(2)18-8-6-7-9-20(18)30-22(32)16(4)34-23(33)19-13-29-31(15(19)3)21-11-10-17(12-28-21)24(25,26)27/h6-14,16H,5H2,1-4H3,(H,30,32). The fourth-order valence-electron chi connectivity index (χ4n) is 3.29. The van der Waals surface area contributed by atoms with Crippen molar-refractivity contribution < 1.29 is 27.5 Å². The average molecular weight is 474 g/mol. The van der Waals surface area contributed by atoms with Crippen molar-refractivity contribution in [3.05, 3.63) is 71.2 Å². The molecule has 34 heavy (non-hydrogen) atoms. The van der Waals surface area contributed by atoms with E-state index < -0.39 is 29.7 Å². The van der Waals surface area contributed by atoms with Crippen LogP contribution in [0.25, 0.3) is 5.82 Å². The number of para-hydroxylation sites is 1. The molecule has 10 heteroatoms. The number of hydrogen-bond donors (Lipinski definition) is 1. The molecular weight excluding hydrogens is 449 g/mol. The van der Waals surface area contributed by atoms with Gasteiger partial charge < -0.3 is 10.1 Å². The molecule has 2 aromatic heterocycles. The lowest BCUT2D eigenvalue weighted by molar-refractivity contribution is -0.137. The van der Waals surface area contributed by atoms with Crippen LogP contribution in [0.4, 0.5) is 18.9 Å². The van der Waals surface area contributed by atoms with E-state index in [1.54, 1.807) is 13.0 Å². The van der Waals surface area contributed by atoms with E-state index in [1.165, 1.54) is 17.8 Å². The van der Waals surface area contributed by atoms with Gasteiger partial charge in [-0.25, -0.2) is 14.5 Å². The van der Waals surface area contributed by atoms with Crippen LogP contribution in [-0.4, -0.2) is 32.7 Å². The minimum Gasteiger partial charge on any atom is -0.449 e. The van der Waals surface area contributed by atoms with Gasteiger partial charge in [-0.3, -0.25) is 4.79 Å². The fourth-order valence-corrected chi connectivity index (χ4v) is 3.29. The van der Waals surface area contributed by atoms with Crippen LogP contribution in [0.2, 0.25) is 0 Å². The number of alkyl halides is 3. The fraction of sp³-hybridized carbons (Fsp3) is 0.333. The normalized spacial score (nSPS) is 13.3. The first-order valence-corrected chi connectivity index (χ1v) is 10.7. The summed E-state index contributed by atoms with van der Waals surface area (Å²) in [5.41, 5.74) is 1.13. The minimum atomic E-state index is -4.51. The Morgan fingerprint density at radius 3 is 2.44 bits per heavy atom. The number of rotatable bonds is 7. The molecule has 1 amide bonds. The topological polar surface area (TPSA) is 86.1 Å². The smallest absolute Gasteiger partial charge is 0.417 e. The van der Waals surface area contributed by atoms with Crippen molar-refractivity contribution in [1.82, 2.24) is 14.8 Å². The van der Waals surface area contributed by atoms with Gasteiger partial charge in [0.2, 0.25) is 0 Å². The van der Waals surface area contributed by atoms with Gasteiger partial charge in [0, 0.05) is 11.9 Å². The Hall–Kier alpha value is -3.69. The number of carbonyl (C=O) groups is 2. The van der Waals surface area contributed by atoms with Gasteiger partial charge in [0.15, 0.2) is 11.9 Å². The number of esters is 1. The highest BCUT2D eigenvalue weighted by Crippen LogP contribution is 2.29. The summed E-state index contributed by atoms with van der Waals surface area (Å²) in [7, 11) is 0. The van der Waals surface area contributed by atoms with Gasteiger partial charge in [-0.05, 0) is 49.9 Å². The molecule has 0 saturated heterocycles. The number of anilines is 1. The largest absolute Gasteiger partial charge is 0.449 e. The maximum atomic E-state index is 12.8. The predicted molar refractivity (Wildman–Crippen MR) is 120 cm³/mol. The number of carbonyl (C=O) groups excluding carboxylic acids is 2. The van der Waals surface area contributed by atoms with Gasteiger partial charge >= 0.3 is 12.1 Å². The molecule has 7 nitrogen and oxygen atoms in total. The number of halogens is 3. The maximum absolute atomic E-state index is 12.8. The highest BCUT2D eigenvalue weighted by atomic mass is 19.4. The Kier molecular flexibility index (Phi) is 7.38. The van der Waals surface area contributed by atoms with Gasteiger partial charge in [-0.2, -0.15) is 18.3 Å². The van der Waals surface area contributed by atoms with Crippen LogP contribution in [0.1, 0.15) is 60.3 Å². The van der Waals surface area contributed by atoms with E-state index in [4.69, 9.17) is 4.74 Å². The second kappa shape index (κ2) is 10.1. The molecule has 1 aromatic carbocycles. The first-order chi connectivity index (χ1) is 16.0. The number of hydrogen-bond acceptors (Lipinski definition) is 5. The van der Waals surface area contributed by atoms with Crippen molar-refractivity contribution in [3.8, 4) is 5.82 Å². The number of nitrogens with one attached hydrogen (secondary N) is 1. The zero-order valence-electron chi connectivity index (χ0n) is 19.2. The van der Waals surface area contributed by atoms with Gasteiger partial charge in [0.05, 0.1) is 17.5 Å². The summed E-state index contributed by atoms with van der Waals surface area (Å²) >= 11 is 0. The van der Waals surface area contributed by atoms with Crippen LogP contribution < -0.4 is 5.32 Å². The molecule has 2 atom stereocenters. The number of pyridine rings is 1. The molecule has 0 radical (unpaired) electrons. The summed E-state index contributed by atoms with van der Waals surface area (Å²) in [4.78, 5) is 29.1. The minimum absolute atomic E-state index is 0.0707. The third kappa shape index (κ3) is 5.44. The highest BCUT2D eigenvalue weighted by molar-refractivity contribution is 5.98. The molecule has 180 valence electrons. The lowest BCUT2D eigenvalue weighted by atomic mass is 9.97. The first kappa shape index (κ1) is 24.9. The second-order valence-corrected chi connectivity index (χ2v) is 7.89. The lowest BCUT2D eigenvalue weighted by Crippen LogP contribution is -2.30. The van der Waals surface area contributed by atoms with E-state index in [0.29, 0.717) is 17.6 Å². The maximum Gasteiger partial charge on any atom is 0.417 e. The van der Waals surface area contributed by atoms with E-state index in [-0.39, 0.29) is 17.3 Å². The molecule has 3 rings (SSSR count). The molecule has 0 fully saturated rings. The predicted octanol–water partition coefficient (Wildman–Crippen LogP) is 5.29. The van der Waals surface area contributed by atoms with Crippen molar-refractivity contribution in [1.29, 1.82) is 0 Å². The molecule has 2 heterocycles. The van der Waals surface area contributed by atoms with Crippen LogP contribution in [0.3, 0.4) is 0 Å². The second-order valence-electron chi connectivity index (χ2n) is 7.89. The van der Waals surface area contributed by atoms with E-state index in [9.17, 15) is 22.8 Å². The average Bonchev–Trinajstić information content (AvgIpc) is 3.19. The van der Waals surface area contributed by atoms with E-state index in [0.717, 1.165) is 24.1 Å². The summed E-state index contributed by atoms with van der Waals surface area (Å²) < 4.78 is 44.8. The molecule has 0 aliphatic rings. The monoisotopic (exact) mass is 474 g/mol. The van der Waals surface area contributed by atoms with Crippen molar-refractivity contribution in [2.75, 3.05) is 5.32 Å². The number of amides is 1. The zero-order valence-corrected chi connectivity index (χ0v) is 19.2. The van der Waals surface area contributed by atoms with Crippen molar-refractivity contribution >= 4 is 17.6 Å². The Morgan fingerprint density at radius 2 is 1.82 bits per heavy atom. The summed E-state index contributed by atoms with van der Waals surface area (Å²) in [5, 5.41) is 6.84. The first-order valence-electron chi connectivity index (χ1n) is 10.7. The number of nitrogens with zero attached hydrogens (tertiary/aromatic N) is 3. The molecule has 0 saturated carbocycles. The Labute approximate surface area is 195 Å². The van der Waals surface area contributed by atoms with E-state index in [2.05, 4.69) is 29.2 Å². The molecule has 0 aliphatic carbocycles. The van der Waals surface area contributed by atoms with Crippen LogP contribution in [0, 0.1) is 6.92 Å². The van der Waals surface area contributed by atoms with E-state index in [1.807, 2.05) is 18.2 Å². The molecule has 0 spiro atoms. The number of ether oxygens (including phenoxy) is 1. The molecular formula is C24H25F3N4O3. The van der Waals surface area contributed by atoms with Crippen molar-refractivity contribution in [2.45, 2.75) is 52.3 Å². The quantitative estimate of drug-likeness (QED) is 0.470. The summed E-state index contributed by atoms with van der Waals surface area (Å²) in [5.74, 6) is -0.925. The van der Waals surface area contributed by atoms with Crippen LogP contribution in [0.5, 0.6) is 0 Å². The Balaban J connectivity index is 1.71. The molecule has 0 aliphatic heterocycles. The van der Waals surface area contributed by atoms with Crippen LogP contribution in [-0.2, 0) is 15.7 Å². The van der Waals surface area contributed by atoms with Gasteiger partial charge in [-0.1, -0.05) is 32.0 Å². The van der Waals surface area contributed by atoms with Gasteiger partial charge in [0.25, 0.3) is 5.91 Å². The Morgan fingerprint density at radius 1 is 1.12 bits per heavy atom. The number of aromatic nitrogens is 3. The summed E-state index contributed by atoms with van der Waals surface area (Å²) in [6.45, 7) is 7.11. The lowest BCUT2D eigenvalue weighted by Gasteiger charge is -2.18. The molecule has 2 unspecified atom stereocenters. The number of benzene rings is 1. The van der Waals surface area contributed by atoms with Crippen LogP contribution >= 0.6 is 0 Å². The Bertz CT molecular complexity index is 1170. The van der Waals surface area contributed by atoms with Gasteiger partial charge in [0.1, 0.15) is 5.56 Å². The third-order valence-corrected chi connectivity index (χ3v) is 5.54. The SMILES string of the molecule is CCC(C)c1ccccc1NC(=O)C(C)OC(=O)c1cnn(-c2ccc(C(F)(F)F)cn2)c1C. The van der Waals surface area contributed by atoms with Crippen LogP contribution in [0.15, 0.2) is 48.8 Å². The zero-order chi connectivity index (χ0) is 25.0. The molecule has 0 bridgehead atoms. The van der Waals surface area contributed by atoms with E-state index >= 15 is 0 Å². The summed E-state index contributed by atoms with van der Waals surface area (Å²) in [6, 6.07) is 9.47. The molecule has 1 N–H and O–H groups in total. The summed E-state index contributed by atoms with van der Waals surface area (Å²) in [6.07, 6.45) is -2.79. The van der Waals surface area contributed by atoms with Gasteiger partial charge in [-0.15, -0.1) is 0 Å².